The van der Waals surface area contributed by atoms with Gasteiger partial charge in [-0.2, -0.15) is 5.26 Å². The van der Waals surface area contributed by atoms with Crippen LogP contribution in [0.5, 0.6) is 0 Å². The van der Waals surface area contributed by atoms with Gasteiger partial charge in [-0.25, -0.2) is 0 Å². The summed E-state index contributed by atoms with van der Waals surface area (Å²) < 4.78 is 0. The van der Waals surface area contributed by atoms with Crippen molar-refractivity contribution in [1.82, 2.24) is 4.90 Å². The van der Waals surface area contributed by atoms with Gasteiger partial charge in [-0.05, 0) is 37.5 Å². The second kappa shape index (κ2) is 6.05. The van der Waals surface area contributed by atoms with E-state index in [4.69, 9.17) is 5.26 Å². The van der Waals surface area contributed by atoms with Gasteiger partial charge < -0.3 is 4.90 Å². The van der Waals surface area contributed by atoms with Crippen LogP contribution >= 0.6 is 0 Å². The van der Waals surface area contributed by atoms with Crippen molar-refractivity contribution >= 4 is 5.91 Å². The first kappa shape index (κ1) is 13.2. The number of hydrogen-bond donors (Lipinski definition) is 0. The summed E-state index contributed by atoms with van der Waals surface area (Å²) in [5.41, 5.74) is 3.43. The lowest BCUT2D eigenvalue weighted by atomic mass is 10.0. The van der Waals surface area contributed by atoms with Crippen LogP contribution in [0.4, 0.5) is 0 Å². The van der Waals surface area contributed by atoms with Gasteiger partial charge in [-0.3, -0.25) is 4.79 Å². The van der Waals surface area contributed by atoms with E-state index >= 15 is 0 Å². The molecular formula is C14H18N2O. The van der Waals surface area contributed by atoms with Crippen LogP contribution in [0.2, 0.25) is 0 Å². The van der Waals surface area contributed by atoms with Crippen LogP contribution in [-0.2, 0) is 11.2 Å². The number of carbonyl (C=O) groups is 1. The van der Waals surface area contributed by atoms with Crippen LogP contribution in [0.3, 0.4) is 0 Å². The van der Waals surface area contributed by atoms with E-state index in [2.05, 4.69) is 6.92 Å². The summed E-state index contributed by atoms with van der Waals surface area (Å²) in [4.78, 5) is 13.5. The Bertz CT molecular complexity index is 446. The summed E-state index contributed by atoms with van der Waals surface area (Å²) >= 11 is 0. The highest BCUT2D eigenvalue weighted by Crippen LogP contribution is 2.11. The summed E-state index contributed by atoms with van der Waals surface area (Å²) in [6, 6.07) is 8.05. The summed E-state index contributed by atoms with van der Waals surface area (Å²) in [5, 5.41) is 8.62. The van der Waals surface area contributed by atoms with Gasteiger partial charge in [-0.1, -0.05) is 18.2 Å². The molecule has 0 bridgehead atoms. The van der Waals surface area contributed by atoms with E-state index < -0.39 is 0 Å². The van der Waals surface area contributed by atoms with Crippen LogP contribution in [0.15, 0.2) is 18.2 Å². The van der Waals surface area contributed by atoms with Crippen LogP contribution in [0.25, 0.3) is 0 Å². The van der Waals surface area contributed by atoms with Crippen molar-refractivity contribution in [1.29, 1.82) is 5.26 Å². The molecule has 1 aromatic carbocycles. The van der Waals surface area contributed by atoms with Crippen LogP contribution in [-0.4, -0.2) is 23.9 Å². The molecule has 17 heavy (non-hydrogen) atoms. The Morgan fingerprint density at radius 2 is 2.06 bits per heavy atom. The molecule has 0 N–H and O–H groups in total. The summed E-state index contributed by atoms with van der Waals surface area (Å²) in [7, 11) is 0. The van der Waals surface area contributed by atoms with Crippen molar-refractivity contribution in [2.45, 2.75) is 27.2 Å². The minimum Gasteiger partial charge on any atom is -0.329 e. The van der Waals surface area contributed by atoms with E-state index in [-0.39, 0.29) is 12.5 Å². The highest BCUT2D eigenvalue weighted by atomic mass is 16.2. The molecule has 0 aliphatic rings. The Labute approximate surface area is 103 Å². The minimum absolute atomic E-state index is 0.0114. The smallest absolute Gasteiger partial charge is 0.227 e. The van der Waals surface area contributed by atoms with Crippen molar-refractivity contribution in [2.24, 2.45) is 0 Å². The molecule has 1 aromatic rings. The molecule has 3 nitrogen and oxygen atoms in total. The highest BCUT2D eigenvalue weighted by Gasteiger charge is 2.11. The number of carbonyl (C=O) groups excluding carboxylic acids is 1. The molecule has 1 rings (SSSR count). The first-order valence-electron chi connectivity index (χ1n) is 5.79. The molecule has 0 radical (unpaired) electrons. The fourth-order valence-electron chi connectivity index (χ4n) is 1.66. The van der Waals surface area contributed by atoms with Crippen molar-refractivity contribution in [3.8, 4) is 6.07 Å². The monoisotopic (exact) mass is 230 g/mol. The standard InChI is InChI=1S/C14H18N2O/c1-4-16(8-7-15)14(17)10-13-6-5-11(2)12(3)9-13/h5-6,9H,4,8,10H2,1-3H3. The molecule has 90 valence electrons. The van der Waals surface area contributed by atoms with E-state index in [1.54, 1.807) is 4.90 Å². The van der Waals surface area contributed by atoms with Gasteiger partial charge in [0.25, 0.3) is 0 Å². The largest absolute Gasteiger partial charge is 0.329 e. The summed E-state index contributed by atoms with van der Waals surface area (Å²) in [5.74, 6) is 0.0114. The zero-order valence-corrected chi connectivity index (χ0v) is 10.7. The number of amides is 1. The fraction of sp³-hybridized carbons (Fsp3) is 0.429. The zero-order valence-electron chi connectivity index (χ0n) is 10.7. The Kier molecular flexibility index (Phi) is 4.71. The third-order valence-corrected chi connectivity index (χ3v) is 2.92. The predicted octanol–water partition coefficient (Wildman–Crippen LogP) is 2.22. The number of hydrogen-bond acceptors (Lipinski definition) is 2. The Hall–Kier alpha value is -1.82. The summed E-state index contributed by atoms with van der Waals surface area (Å²) in [6.07, 6.45) is 0.372. The van der Waals surface area contributed by atoms with Crippen molar-refractivity contribution in [3.05, 3.63) is 34.9 Å². The van der Waals surface area contributed by atoms with Gasteiger partial charge in [0.05, 0.1) is 12.5 Å². The maximum Gasteiger partial charge on any atom is 0.227 e. The molecule has 0 unspecified atom stereocenters. The van der Waals surface area contributed by atoms with E-state index in [1.807, 2.05) is 38.1 Å². The minimum atomic E-state index is 0.0114. The lowest BCUT2D eigenvalue weighted by Crippen LogP contribution is -2.32. The van der Waals surface area contributed by atoms with E-state index in [1.165, 1.54) is 11.1 Å². The number of rotatable bonds is 4. The highest BCUT2D eigenvalue weighted by molar-refractivity contribution is 5.79. The zero-order chi connectivity index (χ0) is 12.8. The van der Waals surface area contributed by atoms with Crippen LogP contribution in [0, 0.1) is 25.2 Å². The molecule has 0 aromatic heterocycles. The second-order valence-corrected chi connectivity index (χ2v) is 4.16. The van der Waals surface area contributed by atoms with E-state index in [0.29, 0.717) is 13.0 Å². The van der Waals surface area contributed by atoms with Crippen molar-refractivity contribution < 1.29 is 4.79 Å². The first-order chi connectivity index (χ1) is 8.08. The second-order valence-electron chi connectivity index (χ2n) is 4.16. The third-order valence-electron chi connectivity index (χ3n) is 2.92. The molecule has 0 saturated carbocycles. The van der Waals surface area contributed by atoms with Gasteiger partial charge in [0, 0.05) is 6.54 Å². The molecule has 0 aliphatic carbocycles. The molecule has 0 aliphatic heterocycles. The van der Waals surface area contributed by atoms with E-state index in [9.17, 15) is 4.79 Å². The molecule has 3 heteroatoms. The van der Waals surface area contributed by atoms with Crippen LogP contribution in [0.1, 0.15) is 23.6 Å². The average Bonchev–Trinajstić information content (AvgIpc) is 2.30. The quantitative estimate of drug-likeness (QED) is 0.744. The first-order valence-corrected chi connectivity index (χ1v) is 5.79. The summed E-state index contributed by atoms with van der Waals surface area (Å²) in [6.45, 7) is 6.72. The number of nitriles is 1. The maximum atomic E-state index is 11.9. The lowest BCUT2D eigenvalue weighted by Gasteiger charge is -2.17. The topological polar surface area (TPSA) is 44.1 Å². The number of aryl methyl sites for hydroxylation is 2. The van der Waals surface area contributed by atoms with Gasteiger partial charge in [0.15, 0.2) is 0 Å². The van der Waals surface area contributed by atoms with Crippen molar-refractivity contribution in [3.63, 3.8) is 0 Å². The Morgan fingerprint density at radius 3 is 2.59 bits per heavy atom. The average molecular weight is 230 g/mol. The van der Waals surface area contributed by atoms with Gasteiger partial charge in [0.2, 0.25) is 5.91 Å². The third kappa shape index (κ3) is 3.60. The molecular weight excluding hydrogens is 212 g/mol. The fourth-order valence-corrected chi connectivity index (χ4v) is 1.66. The van der Waals surface area contributed by atoms with E-state index in [0.717, 1.165) is 5.56 Å². The molecule has 0 saturated heterocycles. The molecule has 0 atom stereocenters. The van der Waals surface area contributed by atoms with Gasteiger partial charge in [-0.15, -0.1) is 0 Å². The number of nitrogens with zero attached hydrogens (tertiary/aromatic N) is 2. The lowest BCUT2D eigenvalue weighted by molar-refractivity contribution is -0.129. The van der Waals surface area contributed by atoms with Gasteiger partial charge >= 0.3 is 0 Å². The molecule has 0 spiro atoms. The normalized spacial score (nSPS) is 9.76. The van der Waals surface area contributed by atoms with Crippen molar-refractivity contribution in [2.75, 3.05) is 13.1 Å². The number of benzene rings is 1. The maximum absolute atomic E-state index is 11.9. The van der Waals surface area contributed by atoms with Gasteiger partial charge in [0.1, 0.15) is 6.54 Å². The number of likely N-dealkylation sites (N-methyl/N-ethyl adjacent to an activating group) is 1. The Balaban J connectivity index is 2.73. The predicted molar refractivity (Wildman–Crippen MR) is 67.5 cm³/mol. The van der Waals surface area contributed by atoms with Crippen LogP contribution < -0.4 is 0 Å². The Morgan fingerprint density at radius 1 is 1.35 bits per heavy atom. The SMILES string of the molecule is CCN(CC#N)C(=O)Cc1ccc(C)c(C)c1. The molecule has 1 amide bonds. The molecule has 0 fully saturated rings. The molecule has 0 heterocycles.